The Hall–Kier alpha value is -1.06. The summed E-state index contributed by atoms with van der Waals surface area (Å²) in [6, 6.07) is 0. The number of ether oxygens (including phenoxy) is 2. The average Bonchev–Trinajstić information content (AvgIpc) is 2.21. The molecule has 0 N–H and O–H groups in total. The number of carbonyl (C=O) groups excluding carboxylic acids is 2. The maximum absolute atomic E-state index is 11.6. The van der Waals surface area contributed by atoms with E-state index in [-0.39, 0.29) is 24.5 Å². The maximum Gasteiger partial charge on any atom is 0.315 e. The predicted molar refractivity (Wildman–Crippen MR) is 49.5 cm³/mol. The summed E-state index contributed by atoms with van der Waals surface area (Å²) in [5, 5.41) is 0. The minimum atomic E-state index is -0.623. The van der Waals surface area contributed by atoms with Gasteiger partial charge in [-0.2, -0.15) is 0 Å². The van der Waals surface area contributed by atoms with Crippen LogP contribution in [0.2, 0.25) is 0 Å². The van der Waals surface area contributed by atoms with Crippen molar-refractivity contribution in [3.05, 3.63) is 0 Å². The number of methoxy groups -OCH3 is 1. The fraction of sp³-hybridized carbons (Fsp3) is 0.800. The second-order valence-electron chi connectivity index (χ2n) is 3.84. The van der Waals surface area contributed by atoms with Gasteiger partial charge in [0.15, 0.2) is 0 Å². The quantitative estimate of drug-likeness (QED) is 0.627. The molecular weight excluding hydrogens is 184 g/mol. The third kappa shape index (κ3) is 1.74. The van der Waals surface area contributed by atoms with Crippen molar-refractivity contribution >= 4 is 11.9 Å². The van der Waals surface area contributed by atoms with Crippen LogP contribution in [0.1, 0.15) is 26.7 Å². The van der Waals surface area contributed by atoms with E-state index in [4.69, 9.17) is 9.47 Å². The van der Waals surface area contributed by atoms with E-state index in [2.05, 4.69) is 0 Å². The summed E-state index contributed by atoms with van der Waals surface area (Å²) < 4.78 is 9.72. The van der Waals surface area contributed by atoms with Crippen LogP contribution < -0.4 is 0 Å². The van der Waals surface area contributed by atoms with Gasteiger partial charge in [0.25, 0.3) is 0 Å². The third-order valence-corrected chi connectivity index (χ3v) is 2.89. The lowest BCUT2D eigenvalue weighted by Gasteiger charge is -2.35. The summed E-state index contributed by atoms with van der Waals surface area (Å²) in [4.78, 5) is 22.7. The first-order valence-corrected chi connectivity index (χ1v) is 4.81. The lowest BCUT2D eigenvalue weighted by atomic mass is 9.76. The van der Waals surface area contributed by atoms with Crippen molar-refractivity contribution in [1.82, 2.24) is 0 Å². The van der Waals surface area contributed by atoms with Crippen molar-refractivity contribution < 1.29 is 19.1 Å². The Bertz CT molecular complexity index is 249. The molecule has 1 heterocycles. The lowest BCUT2D eigenvalue weighted by Crippen LogP contribution is -2.44. The molecule has 0 spiro atoms. The molecule has 0 aliphatic carbocycles. The molecule has 0 saturated carbocycles. The molecular formula is C10H16O4. The molecule has 4 nitrogen and oxygen atoms in total. The topological polar surface area (TPSA) is 52.6 Å². The van der Waals surface area contributed by atoms with Gasteiger partial charge in [-0.25, -0.2) is 0 Å². The van der Waals surface area contributed by atoms with Crippen LogP contribution in [0, 0.1) is 11.3 Å². The Morgan fingerprint density at radius 2 is 2.36 bits per heavy atom. The Labute approximate surface area is 83.6 Å². The van der Waals surface area contributed by atoms with E-state index in [9.17, 15) is 9.59 Å². The molecule has 80 valence electrons. The maximum atomic E-state index is 11.6. The van der Waals surface area contributed by atoms with E-state index in [0.29, 0.717) is 12.8 Å². The van der Waals surface area contributed by atoms with Crippen LogP contribution in [0.5, 0.6) is 0 Å². The molecule has 0 radical (unpaired) electrons. The summed E-state index contributed by atoms with van der Waals surface area (Å²) in [5.41, 5.74) is -0.623. The van der Waals surface area contributed by atoms with Crippen LogP contribution in [0.25, 0.3) is 0 Å². The van der Waals surface area contributed by atoms with Crippen LogP contribution >= 0.6 is 0 Å². The van der Waals surface area contributed by atoms with Crippen molar-refractivity contribution in [3.8, 4) is 0 Å². The number of hydrogen-bond donors (Lipinski definition) is 0. The third-order valence-electron chi connectivity index (χ3n) is 2.89. The largest absolute Gasteiger partial charge is 0.468 e. The zero-order valence-electron chi connectivity index (χ0n) is 8.83. The molecule has 1 saturated heterocycles. The zero-order valence-corrected chi connectivity index (χ0v) is 8.83. The summed E-state index contributed by atoms with van der Waals surface area (Å²) in [6.45, 7) is 3.83. The fourth-order valence-electron chi connectivity index (χ4n) is 1.83. The number of hydrogen-bond acceptors (Lipinski definition) is 4. The molecule has 2 unspecified atom stereocenters. The van der Waals surface area contributed by atoms with Gasteiger partial charge >= 0.3 is 11.9 Å². The molecule has 0 bridgehead atoms. The lowest BCUT2D eigenvalue weighted by molar-refractivity contribution is -0.174. The van der Waals surface area contributed by atoms with E-state index in [1.54, 1.807) is 6.92 Å². The van der Waals surface area contributed by atoms with Crippen molar-refractivity contribution in [2.75, 3.05) is 13.7 Å². The van der Waals surface area contributed by atoms with Gasteiger partial charge < -0.3 is 9.47 Å². The summed E-state index contributed by atoms with van der Waals surface area (Å²) in [7, 11) is 1.36. The molecule has 1 aliphatic rings. The van der Waals surface area contributed by atoms with Crippen LogP contribution in [0.4, 0.5) is 0 Å². The van der Waals surface area contributed by atoms with E-state index in [1.807, 2.05) is 6.92 Å². The first kappa shape index (κ1) is 11.0. The molecule has 1 fully saturated rings. The van der Waals surface area contributed by atoms with Gasteiger partial charge in [-0.05, 0) is 12.8 Å². The van der Waals surface area contributed by atoms with Gasteiger partial charge in [-0.15, -0.1) is 0 Å². The molecule has 1 rings (SSSR count). The van der Waals surface area contributed by atoms with Crippen molar-refractivity contribution in [3.63, 3.8) is 0 Å². The molecule has 0 aromatic rings. The average molecular weight is 200 g/mol. The van der Waals surface area contributed by atoms with Gasteiger partial charge in [0.2, 0.25) is 0 Å². The Balaban J connectivity index is 2.81. The molecule has 4 heteroatoms. The molecule has 2 atom stereocenters. The van der Waals surface area contributed by atoms with E-state index in [1.165, 1.54) is 7.11 Å². The summed E-state index contributed by atoms with van der Waals surface area (Å²) in [6.07, 6.45) is 1.16. The normalized spacial score (nSPS) is 32.2. The van der Waals surface area contributed by atoms with Crippen LogP contribution in [0.3, 0.4) is 0 Å². The Morgan fingerprint density at radius 1 is 1.71 bits per heavy atom. The summed E-state index contributed by atoms with van der Waals surface area (Å²) in [5.74, 6) is -0.722. The molecule has 0 aromatic carbocycles. The van der Waals surface area contributed by atoms with Gasteiger partial charge in [0.05, 0.1) is 13.0 Å². The highest BCUT2D eigenvalue weighted by molar-refractivity contribution is 5.81. The zero-order chi connectivity index (χ0) is 10.8. The second kappa shape index (κ2) is 3.98. The van der Waals surface area contributed by atoms with Crippen molar-refractivity contribution in [1.29, 1.82) is 0 Å². The predicted octanol–water partition coefficient (Wildman–Crippen LogP) is 1.14. The van der Waals surface area contributed by atoms with Gasteiger partial charge in [-0.3, -0.25) is 9.59 Å². The molecule has 0 amide bonds. The molecule has 0 aromatic heterocycles. The van der Waals surface area contributed by atoms with Gasteiger partial charge in [-0.1, -0.05) is 13.8 Å². The SMILES string of the molecule is CCC1(C(=O)OC)COC(=O)C(C)C1. The minimum absolute atomic E-state index is 0.152. The number of esters is 2. The van der Waals surface area contributed by atoms with E-state index >= 15 is 0 Å². The number of cyclic esters (lactones) is 1. The van der Waals surface area contributed by atoms with E-state index in [0.717, 1.165) is 0 Å². The van der Waals surface area contributed by atoms with Crippen LogP contribution in [-0.4, -0.2) is 25.7 Å². The Morgan fingerprint density at radius 3 is 2.79 bits per heavy atom. The van der Waals surface area contributed by atoms with Crippen LogP contribution in [-0.2, 0) is 19.1 Å². The fourth-order valence-corrected chi connectivity index (χ4v) is 1.83. The van der Waals surface area contributed by atoms with Gasteiger partial charge in [0, 0.05) is 0 Å². The monoisotopic (exact) mass is 200 g/mol. The molecule has 14 heavy (non-hydrogen) atoms. The number of rotatable bonds is 2. The number of carbonyl (C=O) groups is 2. The minimum Gasteiger partial charge on any atom is -0.468 e. The van der Waals surface area contributed by atoms with Gasteiger partial charge in [0.1, 0.15) is 12.0 Å². The van der Waals surface area contributed by atoms with Crippen molar-refractivity contribution in [2.45, 2.75) is 26.7 Å². The molecule has 1 aliphatic heterocycles. The highest BCUT2D eigenvalue weighted by atomic mass is 16.5. The summed E-state index contributed by atoms with van der Waals surface area (Å²) >= 11 is 0. The first-order chi connectivity index (χ1) is 6.55. The van der Waals surface area contributed by atoms with Crippen LogP contribution in [0.15, 0.2) is 0 Å². The smallest absolute Gasteiger partial charge is 0.315 e. The highest BCUT2D eigenvalue weighted by Crippen LogP contribution is 2.36. The second-order valence-corrected chi connectivity index (χ2v) is 3.84. The standard InChI is InChI=1S/C10H16O4/c1-4-10(9(12)13-3)5-7(2)8(11)14-6-10/h7H,4-6H2,1-3H3. The Kier molecular flexibility index (Phi) is 3.13. The highest BCUT2D eigenvalue weighted by Gasteiger charge is 2.45. The van der Waals surface area contributed by atoms with Crippen molar-refractivity contribution in [2.24, 2.45) is 11.3 Å². The first-order valence-electron chi connectivity index (χ1n) is 4.81. The van der Waals surface area contributed by atoms with E-state index < -0.39 is 5.41 Å².